The summed E-state index contributed by atoms with van der Waals surface area (Å²) < 4.78 is 5.02. The zero-order valence-corrected chi connectivity index (χ0v) is 9.71. The van der Waals surface area contributed by atoms with Gasteiger partial charge in [-0.05, 0) is 31.8 Å². The van der Waals surface area contributed by atoms with Crippen molar-refractivity contribution in [3.63, 3.8) is 0 Å². The molecule has 0 spiro atoms. The minimum atomic E-state index is 0.208. The smallest absolute Gasteiger partial charge is 0.223 e. The van der Waals surface area contributed by atoms with Gasteiger partial charge in [-0.15, -0.1) is 0 Å². The van der Waals surface area contributed by atoms with Gasteiger partial charge in [-0.2, -0.15) is 0 Å². The number of methoxy groups -OCH3 is 1. The Hall–Kier alpha value is -0.610. The SMILES string of the molecule is COCC(C)CNC(=O)C1CCNCC1. The third kappa shape index (κ3) is 4.62. The molecule has 1 aliphatic heterocycles. The minimum Gasteiger partial charge on any atom is -0.384 e. The van der Waals surface area contributed by atoms with E-state index in [1.54, 1.807) is 7.11 Å². The quantitative estimate of drug-likeness (QED) is 0.696. The number of piperidine rings is 1. The molecule has 0 radical (unpaired) electrons. The van der Waals surface area contributed by atoms with Crippen LogP contribution in [-0.4, -0.2) is 39.3 Å². The zero-order valence-electron chi connectivity index (χ0n) is 9.71. The van der Waals surface area contributed by atoms with Crippen LogP contribution >= 0.6 is 0 Å². The Bertz CT molecular complexity index is 191. The van der Waals surface area contributed by atoms with E-state index in [4.69, 9.17) is 4.74 Å². The van der Waals surface area contributed by atoms with E-state index in [0.29, 0.717) is 12.5 Å². The molecule has 0 saturated carbocycles. The van der Waals surface area contributed by atoms with Gasteiger partial charge in [0.25, 0.3) is 0 Å². The van der Waals surface area contributed by atoms with Gasteiger partial charge >= 0.3 is 0 Å². The average molecular weight is 214 g/mol. The van der Waals surface area contributed by atoms with Crippen LogP contribution in [0.3, 0.4) is 0 Å². The molecule has 4 nitrogen and oxygen atoms in total. The summed E-state index contributed by atoms with van der Waals surface area (Å²) in [5.41, 5.74) is 0. The molecule has 15 heavy (non-hydrogen) atoms. The summed E-state index contributed by atoms with van der Waals surface area (Å²) in [5.74, 6) is 0.807. The number of ether oxygens (including phenoxy) is 1. The van der Waals surface area contributed by atoms with Crippen LogP contribution in [0.4, 0.5) is 0 Å². The highest BCUT2D eigenvalue weighted by Gasteiger charge is 2.20. The Labute approximate surface area is 91.8 Å². The Balaban J connectivity index is 2.16. The van der Waals surface area contributed by atoms with E-state index in [1.165, 1.54) is 0 Å². The van der Waals surface area contributed by atoms with Crippen LogP contribution in [0, 0.1) is 11.8 Å². The molecular formula is C11H22N2O2. The maximum absolute atomic E-state index is 11.7. The fourth-order valence-corrected chi connectivity index (χ4v) is 1.85. The summed E-state index contributed by atoms with van der Waals surface area (Å²) in [4.78, 5) is 11.7. The van der Waals surface area contributed by atoms with Gasteiger partial charge in [-0.25, -0.2) is 0 Å². The summed E-state index contributed by atoms with van der Waals surface area (Å²) >= 11 is 0. The van der Waals surface area contributed by atoms with Crippen LogP contribution < -0.4 is 10.6 Å². The molecule has 1 unspecified atom stereocenters. The van der Waals surface area contributed by atoms with Crippen LogP contribution in [-0.2, 0) is 9.53 Å². The van der Waals surface area contributed by atoms with Crippen molar-refractivity contribution >= 4 is 5.91 Å². The van der Waals surface area contributed by atoms with Crippen molar-refractivity contribution in [1.82, 2.24) is 10.6 Å². The molecule has 1 amide bonds. The number of nitrogens with one attached hydrogen (secondary N) is 2. The molecule has 0 aromatic carbocycles. The number of carbonyl (C=O) groups is 1. The second-order valence-corrected chi connectivity index (χ2v) is 4.33. The zero-order chi connectivity index (χ0) is 11.1. The van der Waals surface area contributed by atoms with Gasteiger partial charge < -0.3 is 15.4 Å². The molecule has 1 fully saturated rings. The number of hydrogen-bond donors (Lipinski definition) is 2. The van der Waals surface area contributed by atoms with Crippen LogP contribution in [0.25, 0.3) is 0 Å². The Kier molecular flexibility index (Phi) is 5.65. The topological polar surface area (TPSA) is 50.4 Å². The monoisotopic (exact) mass is 214 g/mol. The maximum Gasteiger partial charge on any atom is 0.223 e. The summed E-state index contributed by atoms with van der Waals surface area (Å²) in [6.07, 6.45) is 1.93. The van der Waals surface area contributed by atoms with E-state index < -0.39 is 0 Å². The van der Waals surface area contributed by atoms with Gasteiger partial charge in [-0.3, -0.25) is 4.79 Å². The highest BCUT2D eigenvalue weighted by molar-refractivity contribution is 5.78. The number of carbonyl (C=O) groups excluding carboxylic acids is 1. The van der Waals surface area contributed by atoms with Gasteiger partial charge in [0, 0.05) is 19.6 Å². The highest BCUT2D eigenvalue weighted by Crippen LogP contribution is 2.11. The Morgan fingerprint density at radius 1 is 1.53 bits per heavy atom. The van der Waals surface area contributed by atoms with Gasteiger partial charge in [-0.1, -0.05) is 6.92 Å². The highest BCUT2D eigenvalue weighted by atomic mass is 16.5. The molecule has 0 aromatic rings. The lowest BCUT2D eigenvalue weighted by molar-refractivity contribution is -0.125. The molecule has 4 heteroatoms. The molecule has 0 aromatic heterocycles. The van der Waals surface area contributed by atoms with Crippen molar-refractivity contribution in [3.8, 4) is 0 Å². The molecule has 1 saturated heterocycles. The van der Waals surface area contributed by atoms with E-state index in [0.717, 1.165) is 32.5 Å². The first-order chi connectivity index (χ1) is 7.24. The first-order valence-corrected chi connectivity index (χ1v) is 5.71. The maximum atomic E-state index is 11.7. The lowest BCUT2D eigenvalue weighted by Crippen LogP contribution is -2.40. The predicted molar refractivity (Wildman–Crippen MR) is 59.6 cm³/mol. The first kappa shape index (κ1) is 12.5. The van der Waals surface area contributed by atoms with Gasteiger partial charge in [0.1, 0.15) is 0 Å². The molecule has 0 bridgehead atoms. The average Bonchev–Trinajstić information content (AvgIpc) is 2.27. The van der Waals surface area contributed by atoms with Crippen molar-refractivity contribution < 1.29 is 9.53 Å². The molecule has 88 valence electrons. The second-order valence-electron chi connectivity index (χ2n) is 4.33. The lowest BCUT2D eigenvalue weighted by Gasteiger charge is -2.22. The second kappa shape index (κ2) is 6.80. The molecular weight excluding hydrogens is 192 g/mol. The van der Waals surface area contributed by atoms with Gasteiger partial charge in [0.2, 0.25) is 5.91 Å². The summed E-state index contributed by atoms with van der Waals surface area (Å²) in [7, 11) is 1.69. The van der Waals surface area contributed by atoms with E-state index in [9.17, 15) is 4.79 Å². The van der Waals surface area contributed by atoms with Crippen LogP contribution in [0.15, 0.2) is 0 Å². The Morgan fingerprint density at radius 3 is 2.80 bits per heavy atom. The van der Waals surface area contributed by atoms with Crippen molar-refractivity contribution in [1.29, 1.82) is 0 Å². The normalized spacial score (nSPS) is 19.9. The first-order valence-electron chi connectivity index (χ1n) is 5.71. The van der Waals surface area contributed by atoms with Crippen LogP contribution in [0.5, 0.6) is 0 Å². The van der Waals surface area contributed by atoms with Crippen molar-refractivity contribution in [3.05, 3.63) is 0 Å². The van der Waals surface area contributed by atoms with E-state index in [1.807, 2.05) is 0 Å². The number of rotatable bonds is 5. The third-order valence-corrected chi connectivity index (χ3v) is 2.79. The largest absolute Gasteiger partial charge is 0.384 e. The fourth-order valence-electron chi connectivity index (χ4n) is 1.85. The Morgan fingerprint density at radius 2 is 2.20 bits per heavy atom. The molecule has 1 heterocycles. The molecule has 1 rings (SSSR count). The standard InChI is InChI=1S/C11H22N2O2/c1-9(8-15-2)7-13-11(14)10-3-5-12-6-4-10/h9-10,12H,3-8H2,1-2H3,(H,13,14). The van der Waals surface area contributed by atoms with Crippen molar-refractivity contribution in [2.75, 3.05) is 33.4 Å². The van der Waals surface area contributed by atoms with Gasteiger partial charge in [0.15, 0.2) is 0 Å². The molecule has 1 aliphatic rings. The fraction of sp³-hybridized carbons (Fsp3) is 0.909. The predicted octanol–water partition coefficient (Wildman–Crippen LogP) is 0.385. The van der Waals surface area contributed by atoms with E-state index in [-0.39, 0.29) is 11.8 Å². The number of amides is 1. The molecule has 0 aliphatic carbocycles. The summed E-state index contributed by atoms with van der Waals surface area (Å²) in [6, 6.07) is 0. The molecule has 2 N–H and O–H groups in total. The minimum absolute atomic E-state index is 0.208. The van der Waals surface area contributed by atoms with E-state index >= 15 is 0 Å². The van der Waals surface area contributed by atoms with Crippen LogP contribution in [0.2, 0.25) is 0 Å². The van der Waals surface area contributed by atoms with Crippen molar-refractivity contribution in [2.45, 2.75) is 19.8 Å². The van der Waals surface area contributed by atoms with E-state index in [2.05, 4.69) is 17.6 Å². The third-order valence-electron chi connectivity index (χ3n) is 2.79. The lowest BCUT2D eigenvalue weighted by atomic mass is 9.97. The summed E-state index contributed by atoms with van der Waals surface area (Å²) in [6.45, 7) is 5.42. The van der Waals surface area contributed by atoms with Gasteiger partial charge in [0.05, 0.1) is 6.61 Å². The molecule has 1 atom stereocenters. The van der Waals surface area contributed by atoms with Crippen LogP contribution in [0.1, 0.15) is 19.8 Å². The number of hydrogen-bond acceptors (Lipinski definition) is 3. The summed E-state index contributed by atoms with van der Waals surface area (Å²) in [5, 5.41) is 6.24. The van der Waals surface area contributed by atoms with Crippen molar-refractivity contribution in [2.24, 2.45) is 11.8 Å².